The van der Waals surface area contributed by atoms with Gasteiger partial charge in [-0.3, -0.25) is 4.79 Å². The van der Waals surface area contributed by atoms with Crippen LogP contribution in [0.3, 0.4) is 0 Å². The second kappa shape index (κ2) is 8.45. The van der Waals surface area contributed by atoms with Crippen molar-refractivity contribution in [3.8, 4) is 6.07 Å². The van der Waals surface area contributed by atoms with E-state index in [4.69, 9.17) is 16.9 Å². The van der Waals surface area contributed by atoms with Gasteiger partial charge in [-0.15, -0.1) is 0 Å². The average molecular weight is 434 g/mol. The topological polar surface area (TPSA) is 64.9 Å². The first kappa shape index (κ1) is 22.1. The summed E-state index contributed by atoms with van der Waals surface area (Å²) >= 11 is 5.55. The lowest BCUT2D eigenvalue weighted by Gasteiger charge is -2.14. The molecule has 0 saturated carbocycles. The third-order valence-corrected chi connectivity index (χ3v) is 3.74. The van der Waals surface area contributed by atoms with Crippen molar-refractivity contribution in [1.29, 1.82) is 5.26 Å². The molecule has 0 fully saturated rings. The van der Waals surface area contributed by atoms with E-state index in [-0.39, 0.29) is 5.02 Å². The Kier molecular flexibility index (Phi) is 6.44. The van der Waals surface area contributed by atoms with Crippen molar-refractivity contribution in [3.63, 3.8) is 0 Å². The maximum absolute atomic E-state index is 13.1. The molecular weight excluding hydrogens is 424 g/mol. The molecule has 1 amide bonds. The zero-order valence-corrected chi connectivity index (χ0v) is 14.9. The largest absolute Gasteiger partial charge is 0.418 e. The molecule has 0 bridgehead atoms. The van der Waals surface area contributed by atoms with Gasteiger partial charge < -0.3 is 10.6 Å². The molecule has 0 radical (unpaired) electrons. The standard InChI is InChI=1S/C18H10ClF6N3O/c19-11-5-6-14(13(7-11)18(23,24)25)27-9-10(8-26)16(29)28-15-4-2-1-3-12(15)17(20,21)22/h1-7,9,27H,(H,28,29)/b10-9-. The summed E-state index contributed by atoms with van der Waals surface area (Å²) in [7, 11) is 0. The fourth-order valence-corrected chi connectivity index (χ4v) is 2.38. The number of carbonyl (C=O) groups is 1. The lowest BCUT2D eigenvalue weighted by molar-refractivity contribution is -0.137. The normalized spacial score (nSPS) is 12.3. The van der Waals surface area contributed by atoms with E-state index in [1.54, 1.807) is 0 Å². The van der Waals surface area contributed by atoms with Crippen LogP contribution in [0.1, 0.15) is 11.1 Å². The number of alkyl halides is 6. The molecule has 0 unspecified atom stereocenters. The summed E-state index contributed by atoms with van der Waals surface area (Å²) in [4.78, 5) is 12.1. The minimum absolute atomic E-state index is 0.186. The van der Waals surface area contributed by atoms with E-state index in [1.165, 1.54) is 12.1 Å². The number of para-hydroxylation sites is 1. The van der Waals surface area contributed by atoms with Gasteiger partial charge in [0.15, 0.2) is 0 Å². The predicted octanol–water partition coefficient (Wildman–Crippen LogP) is 5.84. The predicted molar refractivity (Wildman–Crippen MR) is 93.8 cm³/mol. The highest BCUT2D eigenvalue weighted by Gasteiger charge is 2.34. The fraction of sp³-hybridized carbons (Fsp3) is 0.111. The van der Waals surface area contributed by atoms with Crippen LogP contribution in [0, 0.1) is 11.3 Å². The first-order chi connectivity index (χ1) is 13.4. The van der Waals surface area contributed by atoms with Gasteiger partial charge in [0, 0.05) is 11.2 Å². The molecule has 29 heavy (non-hydrogen) atoms. The molecule has 152 valence electrons. The summed E-state index contributed by atoms with van der Waals surface area (Å²) in [6, 6.07) is 8.25. The summed E-state index contributed by atoms with van der Waals surface area (Å²) in [5, 5.41) is 13.0. The van der Waals surface area contributed by atoms with Gasteiger partial charge in [0.2, 0.25) is 0 Å². The van der Waals surface area contributed by atoms with E-state index >= 15 is 0 Å². The number of halogens is 7. The molecule has 0 heterocycles. The van der Waals surface area contributed by atoms with Gasteiger partial charge >= 0.3 is 12.4 Å². The van der Waals surface area contributed by atoms with E-state index in [0.29, 0.717) is 12.3 Å². The summed E-state index contributed by atoms with van der Waals surface area (Å²) in [6.45, 7) is 0. The van der Waals surface area contributed by atoms with Gasteiger partial charge in [0.05, 0.1) is 22.5 Å². The first-order valence-corrected chi connectivity index (χ1v) is 8.02. The van der Waals surface area contributed by atoms with Crippen LogP contribution in [0.2, 0.25) is 5.02 Å². The quantitative estimate of drug-likeness (QED) is 0.362. The molecule has 2 aromatic carbocycles. The zero-order valence-electron chi connectivity index (χ0n) is 14.1. The molecule has 2 N–H and O–H groups in total. The SMILES string of the molecule is N#C/C(=C/Nc1ccc(Cl)cc1C(F)(F)F)C(=O)Nc1ccccc1C(F)(F)F. The molecule has 0 aromatic heterocycles. The van der Waals surface area contributed by atoms with Crippen molar-refractivity contribution in [2.24, 2.45) is 0 Å². The number of rotatable bonds is 4. The number of carbonyl (C=O) groups excluding carboxylic acids is 1. The molecule has 2 aromatic rings. The van der Waals surface area contributed by atoms with E-state index in [2.05, 4.69) is 5.32 Å². The van der Waals surface area contributed by atoms with Gasteiger partial charge in [-0.05, 0) is 30.3 Å². The number of nitrogens with one attached hydrogen (secondary N) is 2. The van der Waals surface area contributed by atoms with Crippen LogP contribution in [0.4, 0.5) is 37.7 Å². The van der Waals surface area contributed by atoms with Crippen molar-refractivity contribution < 1.29 is 31.1 Å². The van der Waals surface area contributed by atoms with Gasteiger partial charge in [-0.1, -0.05) is 23.7 Å². The average Bonchev–Trinajstić information content (AvgIpc) is 2.62. The van der Waals surface area contributed by atoms with Crippen molar-refractivity contribution in [2.75, 3.05) is 10.6 Å². The highest BCUT2D eigenvalue weighted by Crippen LogP contribution is 2.37. The molecule has 0 aliphatic rings. The van der Waals surface area contributed by atoms with Crippen LogP contribution in [-0.2, 0) is 17.1 Å². The number of hydrogen-bond donors (Lipinski definition) is 2. The second-order valence-corrected chi connectivity index (χ2v) is 5.94. The van der Waals surface area contributed by atoms with Crippen molar-refractivity contribution in [1.82, 2.24) is 0 Å². The number of amides is 1. The van der Waals surface area contributed by atoms with E-state index in [9.17, 15) is 31.1 Å². The van der Waals surface area contributed by atoms with Crippen LogP contribution in [0.5, 0.6) is 0 Å². The zero-order chi connectivity index (χ0) is 21.8. The summed E-state index contributed by atoms with van der Waals surface area (Å²) in [6.07, 6.45) is -8.88. The number of nitrogens with zero attached hydrogens (tertiary/aromatic N) is 1. The third-order valence-electron chi connectivity index (χ3n) is 3.50. The van der Waals surface area contributed by atoms with Crippen LogP contribution < -0.4 is 10.6 Å². The Labute approximate surface area is 165 Å². The minimum Gasteiger partial charge on any atom is -0.360 e. The Bertz CT molecular complexity index is 992. The summed E-state index contributed by atoms with van der Waals surface area (Å²) in [5.41, 5.74) is -4.14. The second-order valence-electron chi connectivity index (χ2n) is 5.50. The van der Waals surface area contributed by atoms with Crippen molar-refractivity contribution in [3.05, 3.63) is 70.4 Å². The Hall–Kier alpha value is -3.19. The smallest absolute Gasteiger partial charge is 0.360 e. The number of nitriles is 1. The lowest BCUT2D eigenvalue weighted by Crippen LogP contribution is -2.18. The molecule has 2 rings (SSSR count). The monoisotopic (exact) mass is 433 g/mol. The first-order valence-electron chi connectivity index (χ1n) is 7.64. The minimum atomic E-state index is -4.78. The highest BCUT2D eigenvalue weighted by molar-refractivity contribution is 6.30. The third kappa shape index (κ3) is 5.65. The molecule has 0 aliphatic carbocycles. The Balaban J connectivity index is 2.29. The summed E-state index contributed by atoms with van der Waals surface area (Å²) in [5.74, 6) is -1.24. The van der Waals surface area contributed by atoms with Gasteiger partial charge in [-0.25, -0.2) is 0 Å². The van der Waals surface area contributed by atoms with Crippen molar-refractivity contribution >= 4 is 28.9 Å². The van der Waals surface area contributed by atoms with Gasteiger partial charge in [0.1, 0.15) is 11.6 Å². The fourth-order valence-electron chi connectivity index (χ4n) is 2.20. The van der Waals surface area contributed by atoms with Crippen LogP contribution in [-0.4, -0.2) is 5.91 Å². The molecule has 11 heteroatoms. The van der Waals surface area contributed by atoms with E-state index in [0.717, 1.165) is 30.3 Å². The maximum atomic E-state index is 13.1. The van der Waals surface area contributed by atoms with Crippen LogP contribution in [0.15, 0.2) is 54.2 Å². The van der Waals surface area contributed by atoms with Gasteiger partial charge in [0.25, 0.3) is 5.91 Å². The lowest BCUT2D eigenvalue weighted by atomic mass is 10.1. The van der Waals surface area contributed by atoms with Crippen molar-refractivity contribution in [2.45, 2.75) is 12.4 Å². The van der Waals surface area contributed by atoms with Gasteiger partial charge in [-0.2, -0.15) is 31.6 Å². The van der Waals surface area contributed by atoms with E-state index < -0.39 is 46.3 Å². The highest BCUT2D eigenvalue weighted by atomic mass is 35.5. The number of hydrogen-bond acceptors (Lipinski definition) is 3. The Morgan fingerprint density at radius 2 is 1.59 bits per heavy atom. The molecule has 0 spiro atoms. The van der Waals surface area contributed by atoms with Crippen LogP contribution in [0.25, 0.3) is 0 Å². The number of anilines is 2. The Morgan fingerprint density at radius 3 is 2.17 bits per heavy atom. The summed E-state index contributed by atoms with van der Waals surface area (Å²) < 4.78 is 78.1. The molecule has 0 saturated heterocycles. The molecule has 0 atom stereocenters. The molecule has 0 aliphatic heterocycles. The molecule has 4 nitrogen and oxygen atoms in total. The number of benzene rings is 2. The molecular formula is C18H10ClF6N3O. The van der Waals surface area contributed by atoms with E-state index in [1.807, 2.05) is 5.32 Å². The van der Waals surface area contributed by atoms with Crippen LogP contribution >= 0.6 is 11.6 Å². The maximum Gasteiger partial charge on any atom is 0.418 e. The Morgan fingerprint density at radius 1 is 0.966 bits per heavy atom.